The lowest BCUT2D eigenvalue weighted by molar-refractivity contribution is 0.0950. The zero-order valence-corrected chi connectivity index (χ0v) is 14.1. The van der Waals surface area contributed by atoms with Crippen LogP contribution in [-0.4, -0.2) is 31.8 Å². The minimum atomic E-state index is -0.186. The maximum Gasteiger partial charge on any atom is 0.252 e. The number of hydrogen-bond donors (Lipinski definition) is 2. The van der Waals surface area contributed by atoms with Gasteiger partial charge in [-0.2, -0.15) is 0 Å². The van der Waals surface area contributed by atoms with Gasteiger partial charge in [0.25, 0.3) is 5.91 Å². The summed E-state index contributed by atoms with van der Waals surface area (Å²) in [5.74, 6) is -0.186. The molecule has 0 radical (unpaired) electrons. The standard InChI is InChI=1S/C12H16Cl2N2OS.ClH/c1-7(15-2)6-16-12(17)8-4-11(18-3)10(14)5-9(8)13;/h4-5,7,15H,6H2,1-3H3,(H,16,17);1H. The lowest BCUT2D eigenvalue weighted by atomic mass is 10.2. The van der Waals surface area contributed by atoms with E-state index in [0.29, 0.717) is 22.2 Å². The summed E-state index contributed by atoms with van der Waals surface area (Å²) in [7, 11) is 1.85. The summed E-state index contributed by atoms with van der Waals surface area (Å²) in [6, 6.07) is 3.53. The molecular formula is C12H17Cl3N2OS. The Morgan fingerprint density at radius 2 is 2.00 bits per heavy atom. The Balaban J connectivity index is 0.00000324. The quantitative estimate of drug-likeness (QED) is 0.804. The molecule has 0 spiro atoms. The summed E-state index contributed by atoms with van der Waals surface area (Å²) in [5, 5.41) is 6.80. The van der Waals surface area contributed by atoms with Crippen molar-refractivity contribution < 1.29 is 4.79 Å². The molecule has 0 aliphatic carbocycles. The van der Waals surface area contributed by atoms with E-state index in [1.54, 1.807) is 12.1 Å². The highest BCUT2D eigenvalue weighted by atomic mass is 35.5. The molecule has 19 heavy (non-hydrogen) atoms. The van der Waals surface area contributed by atoms with Gasteiger partial charge in [0.2, 0.25) is 0 Å². The molecule has 7 heteroatoms. The highest BCUT2D eigenvalue weighted by Crippen LogP contribution is 2.31. The number of carbonyl (C=O) groups is 1. The Morgan fingerprint density at radius 1 is 1.37 bits per heavy atom. The van der Waals surface area contributed by atoms with E-state index in [1.165, 1.54) is 11.8 Å². The van der Waals surface area contributed by atoms with Crippen LogP contribution in [0.25, 0.3) is 0 Å². The Bertz CT molecular complexity index is 443. The molecule has 1 aromatic rings. The fourth-order valence-electron chi connectivity index (χ4n) is 1.30. The van der Waals surface area contributed by atoms with Crippen molar-refractivity contribution in [2.75, 3.05) is 19.8 Å². The fourth-order valence-corrected chi connectivity index (χ4v) is 2.49. The topological polar surface area (TPSA) is 41.1 Å². The second kappa shape index (κ2) is 8.93. The Kier molecular flexibility index (Phi) is 8.86. The molecule has 3 nitrogen and oxygen atoms in total. The molecule has 0 saturated heterocycles. The first-order valence-corrected chi connectivity index (χ1v) is 7.46. The molecule has 108 valence electrons. The van der Waals surface area contributed by atoms with Crippen molar-refractivity contribution in [3.8, 4) is 0 Å². The highest BCUT2D eigenvalue weighted by molar-refractivity contribution is 7.98. The van der Waals surface area contributed by atoms with Gasteiger partial charge in [-0.3, -0.25) is 4.79 Å². The van der Waals surface area contributed by atoms with Crippen LogP contribution < -0.4 is 10.6 Å². The van der Waals surface area contributed by atoms with Crippen LogP contribution in [0, 0.1) is 0 Å². The van der Waals surface area contributed by atoms with Crippen molar-refractivity contribution in [1.82, 2.24) is 10.6 Å². The summed E-state index contributed by atoms with van der Waals surface area (Å²) in [5.41, 5.74) is 0.453. The number of carbonyl (C=O) groups excluding carboxylic acids is 1. The second-order valence-electron chi connectivity index (χ2n) is 3.87. The highest BCUT2D eigenvalue weighted by Gasteiger charge is 2.14. The first-order chi connectivity index (χ1) is 8.49. The van der Waals surface area contributed by atoms with E-state index in [0.717, 1.165) is 4.90 Å². The van der Waals surface area contributed by atoms with Crippen LogP contribution in [0.3, 0.4) is 0 Å². The van der Waals surface area contributed by atoms with Crippen LogP contribution in [-0.2, 0) is 0 Å². The number of nitrogens with one attached hydrogen (secondary N) is 2. The predicted molar refractivity (Wildman–Crippen MR) is 86.3 cm³/mol. The van der Waals surface area contributed by atoms with Gasteiger partial charge in [-0.05, 0) is 32.4 Å². The molecule has 2 N–H and O–H groups in total. The van der Waals surface area contributed by atoms with Crippen molar-refractivity contribution in [2.45, 2.75) is 17.9 Å². The molecule has 1 aromatic carbocycles. The Labute approximate surface area is 134 Å². The van der Waals surface area contributed by atoms with Crippen LogP contribution >= 0.6 is 47.4 Å². The second-order valence-corrected chi connectivity index (χ2v) is 5.53. The van der Waals surface area contributed by atoms with Crippen molar-refractivity contribution in [3.05, 3.63) is 27.7 Å². The molecule has 0 bridgehead atoms. The van der Waals surface area contributed by atoms with Gasteiger partial charge in [0.15, 0.2) is 0 Å². The SMILES string of the molecule is CNC(C)CNC(=O)c1cc(SC)c(Cl)cc1Cl.Cl. The van der Waals surface area contributed by atoms with Crippen LogP contribution in [0.5, 0.6) is 0 Å². The van der Waals surface area contributed by atoms with E-state index in [1.807, 2.05) is 20.2 Å². The predicted octanol–water partition coefficient (Wildman–Crippen LogP) is 3.47. The largest absolute Gasteiger partial charge is 0.350 e. The van der Waals surface area contributed by atoms with Gasteiger partial charge < -0.3 is 10.6 Å². The molecule has 1 unspecified atom stereocenters. The van der Waals surface area contributed by atoms with Crippen LogP contribution in [0.4, 0.5) is 0 Å². The number of likely N-dealkylation sites (N-methyl/N-ethyl adjacent to an activating group) is 1. The zero-order chi connectivity index (χ0) is 13.7. The Morgan fingerprint density at radius 3 is 2.53 bits per heavy atom. The van der Waals surface area contributed by atoms with Gasteiger partial charge in [-0.25, -0.2) is 0 Å². The summed E-state index contributed by atoms with van der Waals surface area (Å²) in [6.07, 6.45) is 1.90. The molecule has 1 amide bonds. The normalized spacial score (nSPS) is 11.6. The van der Waals surface area contributed by atoms with Gasteiger partial charge in [-0.1, -0.05) is 23.2 Å². The van der Waals surface area contributed by atoms with Crippen LogP contribution in [0.1, 0.15) is 17.3 Å². The lowest BCUT2D eigenvalue weighted by Crippen LogP contribution is -2.37. The lowest BCUT2D eigenvalue weighted by Gasteiger charge is -2.13. The van der Waals surface area contributed by atoms with E-state index in [9.17, 15) is 4.79 Å². The summed E-state index contributed by atoms with van der Waals surface area (Å²) in [4.78, 5) is 12.8. The number of benzene rings is 1. The number of halogens is 3. The molecule has 0 saturated carbocycles. The minimum Gasteiger partial charge on any atom is -0.350 e. The summed E-state index contributed by atoms with van der Waals surface area (Å²) in [6.45, 7) is 2.53. The first-order valence-electron chi connectivity index (χ1n) is 5.48. The summed E-state index contributed by atoms with van der Waals surface area (Å²) < 4.78 is 0. The van der Waals surface area contributed by atoms with E-state index < -0.39 is 0 Å². The van der Waals surface area contributed by atoms with Gasteiger partial charge in [0.05, 0.1) is 15.6 Å². The Hall–Kier alpha value is -0.130. The summed E-state index contributed by atoms with van der Waals surface area (Å²) >= 11 is 13.5. The number of amides is 1. The van der Waals surface area contributed by atoms with Crippen molar-refractivity contribution in [1.29, 1.82) is 0 Å². The van der Waals surface area contributed by atoms with E-state index in [2.05, 4.69) is 10.6 Å². The molecule has 1 rings (SSSR count). The third kappa shape index (κ3) is 5.40. The molecule has 0 heterocycles. The molecule has 1 atom stereocenters. The minimum absolute atomic E-state index is 0. The molecule has 0 fully saturated rings. The maximum atomic E-state index is 12.0. The van der Waals surface area contributed by atoms with Crippen molar-refractivity contribution >= 4 is 53.3 Å². The van der Waals surface area contributed by atoms with Gasteiger partial charge in [0.1, 0.15) is 0 Å². The number of rotatable bonds is 5. The third-order valence-electron chi connectivity index (χ3n) is 2.55. The van der Waals surface area contributed by atoms with E-state index in [-0.39, 0.29) is 24.4 Å². The number of hydrogen-bond acceptors (Lipinski definition) is 3. The maximum absolute atomic E-state index is 12.0. The average molecular weight is 344 g/mol. The van der Waals surface area contributed by atoms with E-state index >= 15 is 0 Å². The van der Waals surface area contributed by atoms with Crippen LogP contribution in [0.15, 0.2) is 17.0 Å². The fraction of sp³-hybridized carbons (Fsp3) is 0.417. The zero-order valence-electron chi connectivity index (χ0n) is 10.9. The van der Waals surface area contributed by atoms with Gasteiger partial charge in [-0.15, -0.1) is 24.2 Å². The first kappa shape index (κ1) is 18.9. The van der Waals surface area contributed by atoms with Gasteiger partial charge in [0, 0.05) is 17.5 Å². The van der Waals surface area contributed by atoms with E-state index in [4.69, 9.17) is 23.2 Å². The monoisotopic (exact) mass is 342 g/mol. The molecule has 0 aliphatic rings. The third-order valence-corrected chi connectivity index (χ3v) is 4.06. The average Bonchev–Trinajstić information content (AvgIpc) is 2.35. The van der Waals surface area contributed by atoms with Gasteiger partial charge >= 0.3 is 0 Å². The van der Waals surface area contributed by atoms with Crippen LogP contribution in [0.2, 0.25) is 10.0 Å². The molecular weight excluding hydrogens is 327 g/mol. The van der Waals surface area contributed by atoms with Crippen molar-refractivity contribution in [2.24, 2.45) is 0 Å². The molecule has 0 aromatic heterocycles. The smallest absolute Gasteiger partial charge is 0.252 e. The number of thioether (sulfide) groups is 1. The van der Waals surface area contributed by atoms with Crippen molar-refractivity contribution in [3.63, 3.8) is 0 Å². The molecule has 0 aliphatic heterocycles.